The topological polar surface area (TPSA) is 54.7 Å². The molecule has 2 aromatic carbocycles. The maximum atomic E-state index is 13.3. The summed E-state index contributed by atoms with van der Waals surface area (Å²) in [4.78, 5) is 32.2. The second-order valence-corrected chi connectivity index (χ2v) is 6.85. The molecule has 0 aliphatic heterocycles. The predicted molar refractivity (Wildman–Crippen MR) is 113 cm³/mol. The average molecular weight is 383 g/mol. The van der Waals surface area contributed by atoms with Crippen molar-refractivity contribution < 1.29 is 4.79 Å². The number of rotatable bonds is 6. The van der Waals surface area contributed by atoms with Crippen molar-refractivity contribution in [2.45, 2.75) is 13.0 Å². The monoisotopic (exact) mass is 383 g/mol. The molecule has 144 valence electrons. The highest BCUT2D eigenvalue weighted by molar-refractivity contribution is 5.93. The minimum atomic E-state index is -0.349. The molecule has 0 fully saturated rings. The van der Waals surface area contributed by atoms with Crippen LogP contribution < -0.4 is 5.56 Å². The zero-order valence-electron chi connectivity index (χ0n) is 15.9. The number of carbonyl (C=O) groups excluding carboxylic acids is 1. The highest BCUT2D eigenvalue weighted by Crippen LogP contribution is 2.11. The Kier molecular flexibility index (Phi) is 5.47. The number of carbonyl (C=O) groups is 1. The lowest BCUT2D eigenvalue weighted by atomic mass is 10.1. The van der Waals surface area contributed by atoms with Gasteiger partial charge in [-0.2, -0.15) is 0 Å². The van der Waals surface area contributed by atoms with Gasteiger partial charge in [0.05, 0.1) is 0 Å². The van der Waals surface area contributed by atoms with Crippen LogP contribution in [0.5, 0.6) is 0 Å². The molecule has 1 amide bonds. The Bertz CT molecular complexity index is 1170. The van der Waals surface area contributed by atoms with E-state index in [1.54, 1.807) is 23.2 Å². The van der Waals surface area contributed by atoms with Crippen LogP contribution in [-0.2, 0) is 13.0 Å². The van der Waals surface area contributed by atoms with Crippen molar-refractivity contribution >= 4 is 11.6 Å². The smallest absolute Gasteiger partial charge is 0.270 e. The van der Waals surface area contributed by atoms with E-state index in [0.29, 0.717) is 25.2 Å². The minimum Gasteiger partial charge on any atom is -0.334 e. The molecule has 0 bridgehead atoms. The van der Waals surface area contributed by atoms with Gasteiger partial charge in [0, 0.05) is 25.5 Å². The minimum absolute atomic E-state index is 0.0812. The van der Waals surface area contributed by atoms with Gasteiger partial charge in [0.25, 0.3) is 11.5 Å². The second-order valence-electron chi connectivity index (χ2n) is 6.85. The molecule has 0 atom stereocenters. The summed E-state index contributed by atoms with van der Waals surface area (Å²) < 4.78 is 1.41. The fourth-order valence-electron chi connectivity index (χ4n) is 3.31. The van der Waals surface area contributed by atoms with Gasteiger partial charge in [-0.1, -0.05) is 66.7 Å². The molecule has 0 aliphatic carbocycles. The number of benzene rings is 2. The summed E-state index contributed by atoms with van der Waals surface area (Å²) in [6, 6.07) is 25.1. The Balaban J connectivity index is 1.65. The fourth-order valence-corrected chi connectivity index (χ4v) is 3.31. The van der Waals surface area contributed by atoms with Crippen LogP contribution in [0.15, 0.2) is 96.1 Å². The van der Waals surface area contributed by atoms with Crippen molar-refractivity contribution in [1.29, 1.82) is 0 Å². The summed E-state index contributed by atoms with van der Waals surface area (Å²) in [7, 11) is 0. The quantitative estimate of drug-likeness (QED) is 0.511. The highest BCUT2D eigenvalue weighted by Gasteiger charge is 2.20. The molecule has 4 rings (SSSR count). The fraction of sp³-hybridized carbons (Fsp3) is 0.125. The molecule has 0 aliphatic rings. The van der Waals surface area contributed by atoms with Crippen LogP contribution in [0.25, 0.3) is 5.65 Å². The number of fused-ring (bicyclic) bond motifs is 1. The number of pyridine rings is 1. The van der Waals surface area contributed by atoms with E-state index >= 15 is 0 Å². The van der Waals surface area contributed by atoms with E-state index in [0.717, 1.165) is 11.1 Å². The molecule has 5 heteroatoms. The van der Waals surface area contributed by atoms with E-state index in [2.05, 4.69) is 4.98 Å². The molecule has 2 aromatic heterocycles. The Morgan fingerprint density at radius 3 is 2.24 bits per heavy atom. The van der Waals surface area contributed by atoms with Crippen molar-refractivity contribution in [2.24, 2.45) is 0 Å². The maximum Gasteiger partial charge on any atom is 0.270 e. The van der Waals surface area contributed by atoms with E-state index in [4.69, 9.17) is 0 Å². The second kappa shape index (κ2) is 8.52. The summed E-state index contributed by atoms with van der Waals surface area (Å²) in [5.41, 5.74) is 2.42. The van der Waals surface area contributed by atoms with Gasteiger partial charge in [0.2, 0.25) is 0 Å². The van der Waals surface area contributed by atoms with E-state index in [1.165, 1.54) is 10.6 Å². The standard InChI is InChI=1S/C24H21N3O2/c28-23(21-17-25-22-13-7-8-15-27(22)24(21)29)26(18-20-11-5-2-6-12-20)16-14-19-9-3-1-4-10-19/h1-13,15,17H,14,16,18H2. The highest BCUT2D eigenvalue weighted by atomic mass is 16.2. The van der Waals surface area contributed by atoms with E-state index < -0.39 is 0 Å². The summed E-state index contributed by atoms with van der Waals surface area (Å²) in [6.07, 6.45) is 3.73. The van der Waals surface area contributed by atoms with Gasteiger partial charge in [0.15, 0.2) is 0 Å². The molecule has 2 heterocycles. The Labute approximate surface area is 168 Å². The summed E-state index contributed by atoms with van der Waals surface area (Å²) in [5.74, 6) is -0.305. The van der Waals surface area contributed by atoms with Crippen LogP contribution in [-0.4, -0.2) is 26.7 Å². The van der Waals surface area contributed by atoms with Gasteiger partial charge < -0.3 is 4.90 Å². The Morgan fingerprint density at radius 1 is 0.862 bits per heavy atom. The van der Waals surface area contributed by atoms with Gasteiger partial charge in [-0.15, -0.1) is 0 Å². The Hall–Kier alpha value is -3.73. The van der Waals surface area contributed by atoms with Crippen molar-refractivity contribution in [3.63, 3.8) is 0 Å². The summed E-state index contributed by atoms with van der Waals surface area (Å²) >= 11 is 0. The third kappa shape index (κ3) is 4.24. The largest absolute Gasteiger partial charge is 0.334 e. The molecular weight excluding hydrogens is 362 g/mol. The lowest BCUT2D eigenvalue weighted by Crippen LogP contribution is -2.37. The molecule has 4 aromatic rings. The molecule has 29 heavy (non-hydrogen) atoms. The first-order valence-corrected chi connectivity index (χ1v) is 9.56. The number of hydrogen-bond acceptors (Lipinski definition) is 3. The van der Waals surface area contributed by atoms with Crippen LogP contribution in [0.3, 0.4) is 0 Å². The maximum absolute atomic E-state index is 13.3. The first-order valence-electron chi connectivity index (χ1n) is 9.56. The number of hydrogen-bond donors (Lipinski definition) is 0. The lowest BCUT2D eigenvalue weighted by molar-refractivity contribution is 0.0742. The van der Waals surface area contributed by atoms with Crippen LogP contribution >= 0.6 is 0 Å². The van der Waals surface area contributed by atoms with Gasteiger partial charge in [0.1, 0.15) is 11.2 Å². The molecule has 0 radical (unpaired) electrons. The normalized spacial score (nSPS) is 10.8. The van der Waals surface area contributed by atoms with Gasteiger partial charge in [-0.3, -0.25) is 14.0 Å². The van der Waals surface area contributed by atoms with Gasteiger partial charge in [-0.25, -0.2) is 4.98 Å². The Morgan fingerprint density at radius 2 is 1.52 bits per heavy atom. The molecular formula is C24H21N3O2. The van der Waals surface area contributed by atoms with E-state index in [-0.39, 0.29) is 17.0 Å². The average Bonchev–Trinajstić information content (AvgIpc) is 2.78. The van der Waals surface area contributed by atoms with Crippen LogP contribution in [0, 0.1) is 0 Å². The number of nitrogens with zero attached hydrogens (tertiary/aromatic N) is 3. The van der Waals surface area contributed by atoms with Gasteiger partial charge in [-0.05, 0) is 29.7 Å². The lowest BCUT2D eigenvalue weighted by Gasteiger charge is -2.23. The van der Waals surface area contributed by atoms with Crippen LogP contribution in [0.4, 0.5) is 0 Å². The SMILES string of the molecule is O=C(c1cnc2ccccn2c1=O)N(CCc1ccccc1)Cc1ccccc1. The zero-order valence-corrected chi connectivity index (χ0v) is 15.9. The number of amides is 1. The predicted octanol–water partition coefficient (Wildman–Crippen LogP) is 3.58. The van der Waals surface area contributed by atoms with E-state index in [1.807, 2.05) is 66.7 Å². The third-order valence-electron chi connectivity index (χ3n) is 4.86. The molecule has 0 saturated heterocycles. The molecule has 5 nitrogen and oxygen atoms in total. The first-order chi connectivity index (χ1) is 14.2. The van der Waals surface area contributed by atoms with Crippen LogP contribution in [0.1, 0.15) is 21.5 Å². The van der Waals surface area contributed by atoms with Crippen molar-refractivity contribution in [3.8, 4) is 0 Å². The molecule has 0 spiro atoms. The summed E-state index contributed by atoms with van der Waals surface area (Å²) in [5, 5.41) is 0. The zero-order chi connectivity index (χ0) is 20.1. The van der Waals surface area contributed by atoms with E-state index in [9.17, 15) is 9.59 Å². The van der Waals surface area contributed by atoms with Crippen molar-refractivity contribution in [3.05, 3.63) is 118 Å². The summed E-state index contributed by atoms with van der Waals surface area (Å²) in [6.45, 7) is 0.943. The first kappa shape index (κ1) is 18.6. The van der Waals surface area contributed by atoms with Crippen molar-refractivity contribution in [2.75, 3.05) is 6.54 Å². The molecule has 0 N–H and O–H groups in total. The third-order valence-corrected chi connectivity index (χ3v) is 4.86. The molecule has 0 saturated carbocycles. The van der Waals surface area contributed by atoms with Crippen molar-refractivity contribution in [1.82, 2.24) is 14.3 Å². The number of aromatic nitrogens is 2. The van der Waals surface area contributed by atoms with Gasteiger partial charge >= 0.3 is 0 Å². The molecule has 0 unspecified atom stereocenters. The van der Waals surface area contributed by atoms with Crippen LogP contribution in [0.2, 0.25) is 0 Å².